The number of nitrogens with zero attached hydrogens (tertiary/aromatic N) is 1. The molecule has 204 valence electrons. The zero-order valence-corrected chi connectivity index (χ0v) is 20.7. The van der Waals surface area contributed by atoms with E-state index in [-0.39, 0.29) is 23.8 Å². The summed E-state index contributed by atoms with van der Waals surface area (Å²) in [7, 11) is -5.04. The van der Waals surface area contributed by atoms with Crippen LogP contribution in [-0.2, 0) is 33.7 Å². The number of ether oxygens (including phenoxy) is 2. The Bertz CT molecular complexity index is 1140. The van der Waals surface area contributed by atoms with Gasteiger partial charge in [-0.05, 0) is 11.6 Å². The van der Waals surface area contributed by atoms with Gasteiger partial charge in [-0.25, -0.2) is 4.28 Å². The molecule has 1 aromatic carbocycles. The number of carbonyl (C=O) groups excluding carboxylic acids is 2. The van der Waals surface area contributed by atoms with E-state index in [9.17, 15) is 38.4 Å². The molecule has 0 saturated carbocycles. The molecule has 1 saturated heterocycles. The molecule has 0 radical (unpaired) electrons. The van der Waals surface area contributed by atoms with E-state index in [2.05, 4.69) is 21.3 Å². The molecule has 0 aliphatic carbocycles. The number of thioether (sulfide) groups is 1. The first-order valence-electron chi connectivity index (χ1n) is 10.9. The number of amides is 1. The van der Waals surface area contributed by atoms with Crippen LogP contribution in [0, 0.1) is 0 Å². The van der Waals surface area contributed by atoms with Gasteiger partial charge < -0.3 is 35.2 Å². The second-order valence-electron chi connectivity index (χ2n) is 8.10. The molecule has 1 fully saturated rings. The third-order valence-electron chi connectivity index (χ3n) is 5.54. The average molecular weight is 563 g/mol. The molecule has 37 heavy (non-hydrogen) atoms. The van der Waals surface area contributed by atoms with Crippen molar-refractivity contribution in [3.05, 3.63) is 42.5 Å². The third kappa shape index (κ3) is 7.48. The molecular weight excluding hydrogens is 536 g/mol. The van der Waals surface area contributed by atoms with Crippen LogP contribution in [0.2, 0.25) is 0 Å². The van der Waals surface area contributed by atoms with Gasteiger partial charge in [0, 0.05) is 12.1 Å². The molecule has 16 heteroatoms. The quantitative estimate of drug-likeness (QED) is 0.0517. The van der Waals surface area contributed by atoms with Crippen molar-refractivity contribution in [1.82, 2.24) is 0 Å². The summed E-state index contributed by atoms with van der Waals surface area (Å²) in [5.74, 6) is -1.95. The topological polar surface area (TPSA) is 222 Å². The van der Waals surface area contributed by atoms with Crippen LogP contribution < -0.4 is 5.32 Å². The maximum absolute atomic E-state index is 12.6. The van der Waals surface area contributed by atoms with Crippen molar-refractivity contribution in [1.29, 1.82) is 0 Å². The molecule has 0 aromatic heterocycles. The highest BCUT2D eigenvalue weighted by Crippen LogP contribution is 2.35. The molecule has 6 N–H and O–H groups in total. The van der Waals surface area contributed by atoms with Crippen LogP contribution in [0.25, 0.3) is 0 Å². The molecule has 0 bridgehead atoms. The highest BCUT2D eigenvalue weighted by atomic mass is 32.3. The number of fused-ring (bicyclic) bond motifs is 1. The first-order chi connectivity index (χ1) is 17.4. The van der Waals surface area contributed by atoms with E-state index in [4.69, 9.17) is 14.0 Å². The summed E-state index contributed by atoms with van der Waals surface area (Å²) in [6, 6.07) is 6.85. The molecule has 2 aliphatic heterocycles. The summed E-state index contributed by atoms with van der Waals surface area (Å²) in [5.41, 5.74) is -0.168. The maximum Gasteiger partial charge on any atom is 0.466 e. The van der Waals surface area contributed by atoms with E-state index in [1.165, 1.54) is 6.08 Å². The van der Waals surface area contributed by atoms with Crippen molar-refractivity contribution in [2.45, 2.75) is 54.7 Å². The summed E-state index contributed by atoms with van der Waals surface area (Å²) in [6.07, 6.45) is -6.94. The van der Waals surface area contributed by atoms with Gasteiger partial charge in [0.1, 0.15) is 41.0 Å². The molecule has 2 heterocycles. The van der Waals surface area contributed by atoms with Crippen LogP contribution in [0.3, 0.4) is 0 Å². The number of anilines is 1. The van der Waals surface area contributed by atoms with Crippen molar-refractivity contribution in [2.75, 3.05) is 11.9 Å². The smallest absolute Gasteiger partial charge is 0.458 e. The summed E-state index contributed by atoms with van der Waals surface area (Å²) >= 11 is 0.526. The molecule has 14 nitrogen and oxygen atoms in total. The lowest BCUT2D eigenvalue weighted by Gasteiger charge is -2.39. The van der Waals surface area contributed by atoms with Gasteiger partial charge in [0.15, 0.2) is 0 Å². The standard InChI is InChI=1S/C21H26N2O12S2/c1-2-10(33-16(25)8-12-11-5-3-4-6-13(11)22-20(12)29)7-15(23-35-37(30,31)32)36-21-19(28)18(27)17(26)14(9-24)34-21/h2-6,10,12,14,17-19,21,24,26-28H,1,7-9H2,(H,22,29)(H,30,31,32)/t10-,12-,14-,17-,18+,19-,21+/m0/s1. The monoisotopic (exact) mass is 562 g/mol. The number of esters is 1. The minimum absolute atomic E-state index is 0.288. The predicted octanol–water partition coefficient (Wildman–Crippen LogP) is -0.734. The summed E-state index contributed by atoms with van der Waals surface area (Å²) in [6.45, 7) is 2.84. The predicted molar refractivity (Wildman–Crippen MR) is 129 cm³/mol. The van der Waals surface area contributed by atoms with Gasteiger partial charge in [0.25, 0.3) is 0 Å². The number of rotatable bonds is 10. The Hall–Kier alpha value is -2.57. The van der Waals surface area contributed by atoms with Crippen molar-refractivity contribution in [3.8, 4) is 0 Å². The number of hydrogen-bond donors (Lipinski definition) is 6. The van der Waals surface area contributed by atoms with Gasteiger partial charge >= 0.3 is 16.4 Å². The summed E-state index contributed by atoms with van der Waals surface area (Å²) in [4.78, 5) is 24.9. The molecule has 0 spiro atoms. The van der Waals surface area contributed by atoms with E-state index in [1.807, 2.05) is 0 Å². The molecule has 1 aromatic rings. The molecule has 0 unspecified atom stereocenters. The molecule has 2 aliphatic rings. The maximum atomic E-state index is 12.6. The number of aliphatic hydroxyl groups excluding tert-OH is 4. The minimum Gasteiger partial charge on any atom is -0.458 e. The van der Waals surface area contributed by atoms with Crippen LogP contribution in [0.1, 0.15) is 24.3 Å². The fourth-order valence-electron chi connectivity index (χ4n) is 3.70. The van der Waals surface area contributed by atoms with Crippen LogP contribution >= 0.6 is 11.8 Å². The number of oxime groups is 1. The lowest BCUT2D eigenvalue weighted by Crippen LogP contribution is -2.57. The third-order valence-corrected chi connectivity index (χ3v) is 6.94. The number of carbonyl (C=O) groups is 2. The second-order valence-corrected chi connectivity index (χ2v) is 10.3. The summed E-state index contributed by atoms with van der Waals surface area (Å²) in [5, 5.41) is 45.2. The van der Waals surface area contributed by atoms with Gasteiger partial charge in [-0.3, -0.25) is 14.1 Å². The minimum atomic E-state index is -5.04. The number of aliphatic hydroxyl groups is 4. The molecule has 1 amide bonds. The van der Waals surface area contributed by atoms with Crippen LogP contribution in [0.5, 0.6) is 0 Å². The zero-order chi connectivity index (χ0) is 27.3. The first kappa shape index (κ1) is 29.0. The average Bonchev–Trinajstić information content (AvgIpc) is 3.16. The normalized spacial score (nSPS) is 28.7. The second kappa shape index (κ2) is 12.3. The van der Waals surface area contributed by atoms with E-state index >= 15 is 0 Å². The van der Waals surface area contributed by atoms with E-state index in [1.54, 1.807) is 24.3 Å². The van der Waals surface area contributed by atoms with Crippen molar-refractivity contribution < 1.29 is 56.7 Å². The van der Waals surface area contributed by atoms with Crippen molar-refractivity contribution in [2.24, 2.45) is 5.16 Å². The number of para-hydroxylation sites is 1. The highest BCUT2D eigenvalue weighted by molar-refractivity contribution is 8.14. The van der Waals surface area contributed by atoms with Crippen molar-refractivity contribution >= 4 is 44.8 Å². The van der Waals surface area contributed by atoms with Crippen LogP contribution in [-0.4, -0.2) is 92.9 Å². The fraction of sp³-hybridized carbons (Fsp3) is 0.476. The Morgan fingerprint density at radius 1 is 1.24 bits per heavy atom. The lowest BCUT2D eigenvalue weighted by molar-refractivity contribution is -0.205. The fourth-order valence-corrected chi connectivity index (χ4v) is 5.04. The van der Waals surface area contributed by atoms with Crippen LogP contribution in [0.4, 0.5) is 5.69 Å². The summed E-state index contributed by atoms with van der Waals surface area (Å²) < 4.78 is 45.7. The first-order valence-corrected chi connectivity index (χ1v) is 13.1. The van der Waals surface area contributed by atoms with Gasteiger partial charge in [-0.1, -0.05) is 47.8 Å². The Kier molecular flexibility index (Phi) is 9.65. The Morgan fingerprint density at radius 3 is 2.59 bits per heavy atom. The van der Waals surface area contributed by atoms with Gasteiger partial charge in [0.2, 0.25) is 5.91 Å². The Balaban J connectivity index is 1.71. The van der Waals surface area contributed by atoms with Gasteiger partial charge in [-0.15, -0.1) is 0 Å². The SMILES string of the molecule is C=C[C@@H](CC(=NOS(=O)(=O)O)S[C@H]1O[C@@H](CO)[C@H](O)[C@@H](O)[C@@H]1O)OC(=O)C[C@@H]1C(=O)Nc2ccccc21. The zero-order valence-electron chi connectivity index (χ0n) is 19.1. The van der Waals surface area contributed by atoms with Crippen molar-refractivity contribution in [3.63, 3.8) is 0 Å². The van der Waals surface area contributed by atoms with E-state index < -0.39 is 64.8 Å². The Morgan fingerprint density at radius 2 is 1.95 bits per heavy atom. The molecule has 3 rings (SSSR count). The lowest BCUT2D eigenvalue weighted by atomic mass is 9.97. The number of nitrogens with one attached hydrogen (secondary N) is 1. The highest BCUT2D eigenvalue weighted by Gasteiger charge is 2.44. The molecular formula is C21H26N2O12S2. The number of hydrogen-bond acceptors (Lipinski definition) is 13. The van der Waals surface area contributed by atoms with Gasteiger partial charge in [-0.2, -0.15) is 8.42 Å². The van der Waals surface area contributed by atoms with E-state index in [0.717, 1.165) is 0 Å². The largest absolute Gasteiger partial charge is 0.466 e. The van der Waals surface area contributed by atoms with E-state index in [0.29, 0.717) is 23.0 Å². The number of benzene rings is 1. The Labute approximate surface area is 215 Å². The van der Waals surface area contributed by atoms with Gasteiger partial charge in [0.05, 0.1) is 18.9 Å². The van der Waals surface area contributed by atoms with Crippen LogP contribution in [0.15, 0.2) is 42.1 Å². The molecule has 7 atom stereocenters.